The van der Waals surface area contributed by atoms with Gasteiger partial charge in [0.25, 0.3) is 0 Å². The van der Waals surface area contributed by atoms with Gasteiger partial charge < -0.3 is 10.2 Å². The predicted molar refractivity (Wildman–Crippen MR) is 143 cm³/mol. The maximum atomic E-state index is 13.9. The summed E-state index contributed by atoms with van der Waals surface area (Å²) in [6.45, 7) is 6.15. The number of aliphatic hydroxyl groups is 2. The molecule has 6 nitrogen and oxygen atoms in total. The molecule has 4 aliphatic carbocycles. The molecule has 2 aromatic rings. The number of fused-ring (bicyclic) bond motifs is 6. The molecule has 6 rings (SSSR count). The van der Waals surface area contributed by atoms with E-state index in [2.05, 4.69) is 17.1 Å². The van der Waals surface area contributed by atoms with Crippen LogP contribution in [0.2, 0.25) is 0 Å². The highest BCUT2D eigenvalue weighted by molar-refractivity contribution is 8.00. The largest absolute Gasteiger partial charge is 0.393 e. The molecule has 194 valence electrons. The number of hydrogen-bond acceptors (Lipinski definition) is 7. The lowest BCUT2D eigenvalue weighted by molar-refractivity contribution is -0.179. The smallest absolute Gasteiger partial charge is 0.178 e. The number of Topliss-reactive ketones (excluding diaryl/α,β-unsaturated/α-hetero) is 1. The molecular weight excluding hydrogens is 484 g/mol. The second-order valence-corrected chi connectivity index (χ2v) is 13.0. The molecule has 0 saturated heterocycles. The molecule has 0 aliphatic heterocycles. The molecule has 1 heterocycles. The number of aromatic nitrogens is 2. The SMILES string of the molecule is C[C@@H]1CC2C3CCC4=CC(=O)C=CC4(C)C3[C@@H](O)CC2(C)[C@@]1(O)C(=O)CSc1nncc2ccccc12. The number of carbonyl (C=O) groups is 2. The maximum Gasteiger partial charge on any atom is 0.178 e. The first-order valence-electron chi connectivity index (χ1n) is 13.3. The van der Waals surface area contributed by atoms with Crippen LogP contribution >= 0.6 is 11.8 Å². The fraction of sp³-hybridized carbons (Fsp3) is 0.533. The number of benzene rings is 1. The van der Waals surface area contributed by atoms with Gasteiger partial charge in [-0.3, -0.25) is 9.59 Å². The number of rotatable bonds is 4. The topological polar surface area (TPSA) is 100 Å². The fourth-order valence-corrected chi connectivity index (χ4v) is 9.54. The quantitative estimate of drug-likeness (QED) is 0.573. The predicted octanol–water partition coefficient (Wildman–Crippen LogP) is 4.55. The van der Waals surface area contributed by atoms with E-state index in [1.54, 1.807) is 18.3 Å². The summed E-state index contributed by atoms with van der Waals surface area (Å²) in [5.41, 5.74) is -1.51. The van der Waals surface area contributed by atoms with Crippen molar-refractivity contribution in [1.29, 1.82) is 0 Å². The summed E-state index contributed by atoms with van der Waals surface area (Å²) in [6.07, 6.45) is 9.22. The van der Waals surface area contributed by atoms with Crippen molar-refractivity contribution >= 4 is 34.1 Å². The van der Waals surface area contributed by atoms with E-state index < -0.39 is 17.1 Å². The zero-order valence-corrected chi connectivity index (χ0v) is 22.4. The van der Waals surface area contributed by atoms with Gasteiger partial charge in [-0.25, -0.2) is 0 Å². The van der Waals surface area contributed by atoms with E-state index in [1.165, 1.54) is 11.8 Å². The van der Waals surface area contributed by atoms with E-state index in [0.29, 0.717) is 11.4 Å². The van der Waals surface area contributed by atoms with E-state index in [0.717, 1.165) is 35.6 Å². The molecule has 0 bridgehead atoms. The zero-order valence-electron chi connectivity index (χ0n) is 21.6. The Labute approximate surface area is 221 Å². The molecule has 4 aliphatic rings. The summed E-state index contributed by atoms with van der Waals surface area (Å²) < 4.78 is 0. The molecule has 37 heavy (non-hydrogen) atoms. The Bertz CT molecular complexity index is 1350. The number of hydrogen-bond donors (Lipinski definition) is 2. The molecule has 1 aromatic heterocycles. The van der Waals surface area contributed by atoms with Gasteiger partial charge >= 0.3 is 0 Å². The number of carbonyl (C=O) groups excluding carboxylic acids is 2. The molecule has 3 fully saturated rings. The maximum absolute atomic E-state index is 13.9. The van der Waals surface area contributed by atoms with Gasteiger partial charge in [0.2, 0.25) is 0 Å². The van der Waals surface area contributed by atoms with Crippen LogP contribution < -0.4 is 0 Å². The minimum Gasteiger partial charge on any atom is -0.393 e. The van der Waals surface area contributed by atoms with Crippen LogP contribution in [-0.2, 0) is 9.59 Å². The van der Waals surface area contributed by atoms with Crippen molar-refractivity contribution in [3.63, 3.8) is 0 Å². The molecule has 7 heteroatoms. The first kappa shape index (κ1) is 25.0. The van der Waals surface area contributed by atoms with E-state index >= 15 is 0 Å². The van der Waals surface area contributed by atoms with Crippen LogP contribution in [0.4, 0.5) is 0 Å². The summed E-state index contributed by atoms with van der Waals surface area (Å²) in [4.78, 5) is 26.0. The minimum atomic E-state index is -1.52. The summed E-state index contributed by atoms with van der Waals surface area (Å²) in [7, 11) is 0. The Morgan fingerprint density at radius 2 is 2.03 bits per heavy atom. The van der Waals surface area contributed by atoms with Crippen LogP contribution in [0.3, 0.4) is 0 Å². The Hall–Kier alpha value is -2.35. The van der Waals surface area contributed by atoms with E-state index in [4.69, 9.17) is 0 Å². The third kappa shape index (κ3) is 3.46. The van der Waals surface area contributed by atoms with E-state index in [1.807, 2.05) is 44.2 Å². The first-order chi connectivity index (χ1) is 17.6. The summed E-state index contributed by atoms with van der Waals surface area (Å²) in [5, 5.41) is 34.8. The van der Waals surface area contributed by atoms with Crippen LogP contribution in [0.25, 0.3) is 10.8 Å². The van der Waals surface area contributed by atoms with Gasteiger partial charge in [0.05, 0.1) is 18.1 Å². The second kappa shape index (κ2) is 8.58. The molecular formula is C30H34N2O4S. The van der Waals surface area contributed by atoms with Crippen molar-refractivity contribution in [2.45, 2.75) is 63.2 Å². The Kier molecular flexibility index (Phi) is 5.79. The highest BCUT2D eigenvalue weighted by Crippen LogP contribution is 2.68. The molecule has 2 N–H and O–H groups in total. The van der Waals surface area contributed by atoms with Crippen molar-refractivity contribution in [2.75, 3.05) is 5.75 Å². The van der Waals surface area contributed by atoms with Gasteiger partial charge in [0.1, 0.15) is 10.6 Å². The third-order valence-electron chi connectivity index (χ3n) is 10.4. The van der Waals surface area contributed by atoms with Crippen molar-refractivity contribution in [1.82, 2.24) is 10.2 Å². The fourth-order valence-electron chi connectivity index (χ4n) is 8.61. The van der Waals surface area contributed by atoms with Crippen LogP contribution in [0, 0.1) is 34.5 Å². The molecule has 0 amide bonds. The number of thioether (sulfide) groups is 1. The van der Waals surface area contributed by atoms with Gasteiger partial charge in [-0.1, -0.05) is 68.4 Å². The van der Waals surface area contributed by atoms with Crippen molar-refractivity contribution in [2.24, 2.45) is 34.5 Å². The summed E-state index contributed by atoms with van der Waals surface area (Å²) in [5.74, 6) is -0.0181. The Morgan fingerprint density at radius 3 is 2.84 bits per heavy atom. The molecule has 0 radical (unpaired) electrons. The second-order valence-electron chi connectivity index (χ2n) is 12.1. The molecule has 3 saturated carbocycles. The monoisotopic (exact) mass is 518 g/mol. The lowest BCUT2D eigenvalue weighted by Gasteiger charge is -2.59. The number of nitrogens with zero attached hydrogens (tertiary/aromatic N) is 2. The summed E-state index contributed by atoms with van der Waals surface area (Å²) >= 11 is 1.33. The normalized spacial score (nSPS) is 40.6. The van der Waals surface area contributed by atoms with Crippen LogP contribution in [-0.4, -0.2) is 49.4 Å². The molecule has 5 unspecified atom stereocenters. The third-order valence-corrected chi connectivity index (χ3v) is 11.4. The van der Waals surface area contributed by atoms with Crippen LogP contribution in [0.1, 0.15) is 46.5 Å². The van der Waals surface area contributed by atoms with E-state index in [-0.39, 0.29) is 46.4 Å². The van der Waals surface area contributed by atoms with Crippen LogP contribution in [0.5, 0.6) is 0 Å². The lowest BCUT2D eigenvalue weighted by atomic mass is 9.46. The lowest BCUT2D eigenvalue weighted by Crippen LogP contribution is -2.62. The number of allylic oxidation sites excluding steroid dienone is 4. The first-order valence-corrected chi connectivity index (χ1v) is 14.3. The van der Waals surface area contributed by atoms with Gasteiger partial charge in [-0.15, -0.1) is 5.10 Å². The van der Waals surface area contributed by atoms with Crippen molar-refractivity contribution in [3.8, 4) is 0 Å². The number of ketones is 2. The minimum absolute atomic E-state index is 0.0175. The highest BCUT2D eigenvalue weighted by atomic mass is 32.2. The van der Waals surface area contributed by atoms with Gasteiger partial charge in [-0.2, -0.15) is 5.10 Å². The van der Waals surface area contributed by atoms with Crippen molar-refractivity contribution in [3.05, 3.63) is 54.3 Å². The molecule has 0 spiro atoms. The highest BCUT2D eigenvalue weighted by Gasteiger charge is 2.70. The Balaban J connectivity index is 1.29. The van der Waals surface area contributed by atoms with Gasteiger partial charge in [-0.05, 0) is 55.6 Å². The zero-order chi connectivity index (χ0) is 26.2. The van der Waals surface area contributed by atoms with Crippen molar-refractivity contribution < 1.29 is 19.8 Å². The average Bonchev–Trinajstić information content (AvgIpc) is 3.08. The molecule has 8 atom stereocenters. The molecule has 1 aromatic carbocycles. The summed E-state index contributed by atoms with van der Waals surface area (Å²) in [6, 6.07) is 7.83. The average molecular weight is 519 g/mol. The Morgan fingerprint density at radius 1 is 1.24 bits per heavy atom. The van der Waals surface area contributed by atoms with Gasteiger partial charge in [0, 0.05) is 27.5 Å². The van der Waals surface area contributed by atoms with E-state index in [9.17, 15) is 19.8 Å². The van der Waals surface area contributed by atoms with Gasteiger partial charge in [0.15, 0.2) is 11.6 Å². The van der Waals surface area contributed by atoms with Crippen LogP contribution in [0.15, 0.2) is 59.3 Å². The number of aliphatic hydroxyl groups excluding tert-OH is 1. The standard InChI is InChI=1S/C30H34N2O4S/c1-17-12-23-22-9-8-19-13-20(33)10-11-28(19,2)26(22)24(34)14-29(23,3)30(17,36)25(35)16-37-27-21-7-5-4-6-18(21)15-31-32-27/h4-7,10-11,13,15,17,22-24,26,34,36H,8-9,12,14,16H2,1-3H3/t17-,22?,23?,24+,26?,28?,29?,30+/m1/s1.